The molecule has 54 nitrogen and oxygen atoms in total. The lowest BCUT2D eigenvalue weighted by molar-refractivity contribution is -0.399. The van der Waals surface area contributed by atoms with Crippen LogP contribution in [0.1, 0.15) is 34.6 Å². The molecule has 10 fully saturated rings. The number of amides is 4. The zero-order valence-corrected chi connectivity index (χ0v) is 65.7. The van der Waals surface area contributed by atoms with Crippen LogP contribution in [0.3, 0.4) is 0 Å². The Morgan fingerprint density at radius 1 is 0.230 bits per heavy atom. The summed E-state index contributed by atoms with van der Waals surface area (Å²) in [5.74, 6) is -3.76. The Labute approximate surface area is 691 Å². The van der Waals surface area contributed by atoms with Crippen LogP contribution in [0.25, 0.3) is 0 Å². The van der Waals surface area contributed by atoms with Crippen molar-refractivity contribution < 1.29 is 247 Å². The number of aliphatic hydroxyl groups excluding tert-OH is 27. The third-order valence-corrected chi connectivity index (χ3v) is 22.4. The van der Waals surface area contributed by atoms with E-state index < -0.39 is 390 Å². The maximum atomic E-state index is 13.3. The van der Waals surface area contributed by atoms with Crippen LogP contribution >= 0.6 is 0 Å². The summed E-state index contributed by atoms with van der Waals surface area (Å²) in [6.07, 6.45) is -95.2. The Hall–Kier alpha value is -3.96. The van der Waals surface area contributed by atoms with Gasteiger partial charge in [-0.15, -0.1) is 0 Å². The van der Waals surface area contributed by atoms with Crippen molar-refractivity contribution in [3.63, 3.8) is 0 Å². The summed E-state index contributed by atoms with van der Waals surface area (Å²) in [4.78, 5) is 51.6. The van der Waals surface area contributed by atoms with E-state index in [2.05, 4.69) is 21.3 Å². The molecule has 10 aliphatic rings. The highest BCUT2D eigenvalue weighted by Gasteiger charge is 2.62. The Bertz CT molecular complexity index is 3290. The highest BCUT2D eigenvalue weighted by molar-refractivity contribution is 5.74. The van der Waals surface area contributed by atoms with E-state index in [-0.39, 0.29) is 0 Å². The maximum absolute atomic E-state index is 13.3. The molecular weight excluding hydrogens is 1670 g/mol. The van der Waals surface area contributed by atoms with E-state index >= 15 is 0 Å². The first-order chi connectivity index (χ1) is 57.7. The van der Waals surface area contributed by atoms with Crippen LogP contribution in [-0.4, -0.2) is 528 Å². The normalized spacial score (nSPS) is 49.7. The van der Waals surface area contributed by atoms with E-state index in [0.717, 1.165) is 27.7 Å². The second-order valence-electron chi connectivity index (χ2n) is 31.0. The monoisotopic (exact) mass is 1790 g/mol. The van der Waals surface area contributed by atoms with Gasteiger partial charge < -0.3 is 249 Å². The molecule has 0 unspecified atom stereocenters. The van der Waals surface area contributed by atoms with Crippen LogP contribution in [0.15, 0.2) is 0 Å². The van der Waals surface area contributed by atoms with Gasteiger partial charge in [0.05, 0.1) is 65.6 Å². The predicted molar refractivity (Wildman–Crippen MR) is 375 cm³/mol. The van der Waals surface area contributed by atoms with Crippen LogP contribution in [0, 0.1) is 0 Å². The van der Waals surface area contributed by atoms with Gasteiger partial charge in [0, 0.05) is 27.7 Å². The molecule has 54 heteroatoms. The van der Waals surface area contributed by atoms with Crippen molar-refractivity contribution >= 4 is 23.6 Å². The fraction of sp³-hybridized carbons (Fsp3) is 0.941. The van der Waals surface area contributed by atoms with E-state index in [9.17, 15) is 157 Å². The first kappa shape index (κ1) is 100. The molecule has 4 amide bonds. The molecule has 0 aromatic rings. The van der Waals surface area contributed by atoms with Crippen molar-refractivity contribution in [2.75, 3.05) is 59.5 Å². The highest BCUT2D eigenvalue weighted by Crippen LogP contribution is 2.41. The van der Waals surface area contributed by atoms with Crippen LogP contribution in [0.5, 0.6) is 0 Å². The third kappa shape index (κ3) is 22.0. The van der Waals surface area contributed by atoms with E-state index in [1.807, 2.05) is 0 Å². The number of rotatable bonds is 31. The number of ether oxygens (including phenoxy) is 19. The van der Waals surface area contributed by atoms with Gasteiger partial charge >= 0.3 is 0 Å². The molecule has 10 saturated heterocycles. The molecule has 0 aromatic heterocycles. The molecule has 0 radical (unpaired) electrons. The second-order valence-corrected chi connectivity index (χ2v) is 31.0. The second kappa shape index (κ2) is 43.6. The minimum atomic E-state index is -2.63. The van der Waals surface area contributed by atoms with Crippen molar-refractivity contribution in [3.8, 4) is 0 Å². The minimum absolute atomic E-state index is 0.846. The number of aliphatic hydroxyl groups is 27. The molecule has 0 aromatic carbocycles. The summed E-state index contributed by atoms with van der Waals surface area (Å²) >= 11 is 0. The Morgan fingerprint density at radius 3 is 0.893 bits per heavy atom. The minimum Gasteiger partial charge on any atom is -0.394 e. The van der Waals surface area contributed by atoms with Gasteiger partial charge in [0.2, 0.25) is 23.6 Å². The molecule has 10 heterocycles. The van der Waals surface area contributed by atoms with Gasteiger partial charge in [0.25, 0.3) is 0 Å². The van der Waals surface area contributed by atoms with E-state index in [0.29, 0.717) is 0 Å². The summed E-state index contributed by atoms with van der Waals surface area (Å²) in [7, 11) is 0. The summed E-state index contributed by atoms with van der Waals surface area (Å²) < 4.78 is 113. The van der Waals surface area contributed by atoms with Crippen LogP contribution in [-0.2, 0) is 109 Å². The van der Waals surface area contributed by atoms with Gasteiger partial charge in [0.1, 0.15) is 238 Å². The highest BCUT2D eigenvalue weighted by atomic mass is 16.8. The summed E-state index contributed by atoms with van der Waals surface area (Å²) in [5.41, 5.74) is 0. The number of carbonyl (C=O) groups is 4. The van der Waals surface area contributed by atoms with Gasteiger partial charge in [-0.3, -0.25) is 19.2 Å². The van der Waals surface area contributed by atoms with Crippen molar-refractivity contribution in [2.45, 2.75) is 341 Å². The molecule has 122 heavy (non-hydrogen) atoms. The van der Waals surface area contributed by atoms with E-state index in [1.165, 1.54) is 6.92 Å². The third-order valence-electron chi connectivity index (χ3n) is 22.4. The Kier molecular flexibility index (Phi) is 35.8. The fourth-order valence-electron chi connectivity index (χ4n) is 15.8. The fourth-order valence-corrected chi connectivity index (χ4v) is 15.8. The molecule has 10 rings (SSSR count). The number of hydrogen-bond donors (Lipinski definition) is 31. The van der Waals surface area contributed by atoms with Gasteiger partial charge in [-0.1, -0.05) is 0 Å². The van der Waals surface area contributed by atoms with Crippen molar-refractivity contribution in [2.24, 2.45) is 0 Å². The van der Waals surface area contributed by atoms with Crippen LogP contribution in [0.2, 0.25) is 0 Å². The molecular formula is C68H114N4O50. The lowest BCUT2D eigenvalue weighted by Gasteiger charge is -2.51. The quantitative estimate of drug-likeness (QED) is 0.0306. The summed E-state index contributed by atoms with van der Waals surface area (Å²) in [6.45, 7) is -4.83. The number of nitrogens with one attached hydrogen (secondary N) is 4. The zero-order valence-electron chi connectivity index (χ0n) is 65.7. The molecule has 10 aliphatic heterocycles. The Morgan fingerprint density at radius 2 is 0.500 bits per heavy atom. The van der Waals surface area contributed by atoms with Crippen molar-refractivity contribution in [3.05, 3.63) is 0 Å². The average Bonchev–Trinajstić information content (AvgIpc) is 0.775. The molecule has 706 valence electrons. The van der Waals surface area contributed by atoms with Gasteiger partial charge in [-0.05, 0) is 6.92 Å². The Balaban J connectivity index is 0.983. The van der Waals surface area contributed by atoms with E-state index in [1.54, 1.807) is 0 Å². The molecule has 0 saturated carbocycles. The standard InChI is InChI=1S/C68H114N4O50/c1-15-33(84)43(94)48(99)63(106-15)104-14-28-55(39(90)29(59(103)107-28)69-16(2)80)116-60-30(70-17(3)81)40(91)54(26(12-79)112-60)119-66-51(102)56(120-68-58(47(98)37(88)23(9-76)111-68)122-62-32(72-19(5)83)42(93)53(25(11-78)114-62)118-65-50(101)45(96)35(86)21(7-74)109-65)38(89)27(115-66)13-105-67-57(46(97)36(87)22(8-75)110-67)121-61-31(71-18(4)82)41(92)52(24(10-77)113-61)117-64-49(100)44(95)34(85)20(6-73)108-64/h15,20-68,73-79,84-103H,6-14H2,1-5H3,(H,69,80)(H,70,81)(H,71,82)(H,72,83)/t15-,20+,21+,22+,23+,24+,25+,26+,27+,28+,29+,30+,31+,32-,33+,34-,35-,36+,37+,38+,39+,40+,41+,42+,43+,44-,45-,46-,47-,48-,49+,50+,51-,52+,53+,54+,55+,56-,57-,58-,59+,60-,61-,62-,63+,64-,65-,66-,67-,68+/m0/s1. The van der Waals surface area contributed by atoms with Crippen LogP contribution < -0.4 is 21.3 Å². The van der Waals surface area contributed by atoms with Crippen molar-refractivity contribution in [1.29, 1.82) is 0 Å². The lowest BCUT2D eigenvalue weighted by Crippen LogP contribution is -2.71. The predicted octanol–water partition coefficient (Wildman–Crippen LogP) is -21.2. The zero-order chi connectivity index (χ0) is 89.8. The van der Waals surface area contributed by atoms with Gasteiger partial charge in [-0.2, -0.15) is 0 Å². The first-order valence-corrected chi connectivity index (χ1v) is 39.0. The maximum Gasteiger partial charge on any atom is 0.217 e. The topological polar surface area (TPSA) is 838 Å². The molecule has 50 atom stereocenters. The van der Waals surface area contributed by atoms with Crippen LogP contribution in [0.4, 0.5) is 0 Å². The van der Waals surface area contributed by atoms with E-state index in [4.69, 9.17) is 90.0 Å². The van der Waals surface area contributed by atoms with Gasteiger partial charge in [0.15, 0.2) is 62.9 Å². The molecule has 0 bridgehead atoms. The average molecular weight is 1790 g/mol. The molecule has 0 aliphatic carbocycles. The molecule has 31 N–H and O–H groups in total. The lowest BCUT2D eigenvalue weighted by atomic mass is 9.93. The summed E-state index contributed by atoms with van der Waals surface area (Å²) in [5, 5.41) is 310. The SMILES string of the molecule is CC(=O)N[C@@H]1[C@H](O[C@@H]2[C@@H](O[C@@H]3[C@H](O)[C@H](O[C@H]4[C@H](O)[C@@H](NC(C)=O)[C@H](O[C@H]5[C@H](O)[C@@H](NC(C)=O)[C@H](O)O[C@@H]5CO[C@@H]5O[C@@H](C)[C@@H](O)[C@@H](O)[C@@H]5O)O[C@@H]4CO)O[C@H](CO[C@H]4O[C@H](CO)[C@@H](O)[C@H](O)[C@@H]4O[C@@H]4O[C@H](CO)[C@@H](O[C@@H]5O[C@H](CO)[C@H](O)[C@H](O)[C@H]5O)[C@H](O)[C@H]4NC(C)=O)[C@H]3O)O[C@H](CO)[C@@H](O)[C@@H]2O)O[C@H](CO)[C@@H](O[C@@H]2O[C@H](CO)[C@H](O)[C@H](O)[C@H]2O)[C@@H]1O. The number of hydrogen-bond acceptors (Lipinski definition) is 50. The van der Waals surface area contributed by atoms with Crippen molar-refractivity contribution in [1.82, 2.24) is 21.3 Å². The largest absolute Gasteiger partial charge is 0.394 e. The summed E-state index contributed by atoms with van der Waals surface area (Å²) in [6, 6.07) is -7.69. The molecule has 0 spiro atoms. The van der Waals surface area contributed by atoms with Gasteiger partial charge in [-0.25, -0.2) is 0 Å². The first-order valence-electron chi connectivity index (χ1n) is 39.0. The number of carbonyl (C=O) groups excluding carboxylic acids is 4. The smallest absolute Gasteiger partial charge is 0.217 e.